The third kappa shape index (κ3) is 1.79. The summed E-state index contributed by atoms with van der Waals surface area (Å²) >= 11 is 0. The number of carbonyl (C=O) groups is 3. The number of anilines is 1. The highest BCUT2D eigenvalue weighted by Gasteiger charge is 2.46. The Morgan fingerprint density at radius 3 is 2.35 bits per heavy atom. The standard InChI is InChI=1S/C14H12FNO4/c15-10-4-3-9(14(19)20)6-11(10)16-12(17)7-1-2-8(5-7)13(16)18/h3-4,6-8H,1-2,5H2,(H,19,20). The van der Waals surface area contributed by atoms with Gasteiger partial charge < -0.3 is 5.11 Å². The summed E-state index contributed by atoms with van der Waals surface area (Å²) in [5, 5.41) is 8.94. The highest BCUT2D eigenvalue weighted by Crippen LogP contribution is 2.40. The van der Waals surface area contributed by atoms with Crippen LogP contribution < -0.4 is 4.90 Å². The molecule has 1 aromatic rings. The zero-order valence-corrected chi connectivity index (χ0v) is 10.5. The molecule has 2 bridgehead atoms. The Bertz CT molecular complexity index is 606. The lowest BCUT2D eigenvalue weighted by molar-refractivity contribution is -0.133. The second-order valence-corrected chi connectivity index (χ2v) is 5.19. The predicted octanol–water partition coefficient (Wildman–Crippen LogP) is 1.81. The first-order chi connectivity index (χ1) is 9.49. The van der Waals surface area contributed by atoms with E-state index in [1.54, 1.807) is 0 Å². The molecule has 2 aliphatic rings. The van der Waals surface area contributed by atoms with Crippen LogP contribution in [-0.2, 0) is 9.59 Å². The smallest absolute Gasteiger partial charge is 0.335 e. The second kappa shape index (κ2) is 4.40. The number of imide groups is 1. The van der Waals surface area contributed by atoms with Crippen LogP contribution in [-0.4, -0.2) is 22.9 Å². The molecule has 2 amide bonds. The lowest BCUT2D eigenvalue weighted by Gasteiger charge is -2.30. The molecule has 2 atom stereocenters. The van der Waals surface area contributed by atoms with Gasteiger partial charge in [-0.25, -0.2) is 14.1 Å². The third-order valence-corrected chi connectivity index (χ3v) is 4.01. The van der Waals surface area contributed by atoms with Crippen molar-refractivity contribution in [2.24, 2.45) is 11.8 Å². The summed E-state index contributed by atoms with van der Waals surface area (Å²) in [7, 11) is 0. The fraction of sp³-hybridized carbons (Fsp3) is 0.357. The van der Waals surface area contributed by atoms with E-state index >= 15 is 0 Å². The van der Waals surface area contributed by atoms with Crippen molar-refractivity contribution >= 4 is 23.5 Å². The van der Waals surface area contributed by atoms with Gasteiger partial charge in [0.15, 0.2) is 0 Å². The van der Waals surface area contributed by atoms with Gasteiger partial charge >= 0.3 is 5.97 Å². The zero-order chi connectivity index (χ0) is 14.4. The molecule has 1 aromatic carbocycles. The molecule has 20 heavy (non-hydrogen) atoms. The number of amides is 2. The molecule has 0 spiro atoms. The Hall–Kier alpha value is -2.24. The van der Waals surface area contributed by atoms with Crippen LogP contribution >= 0.6 is 0 Å². The molecule has 1 aliphatic carbocycles. The number of aromatic carboxylic acids is 1. The summed E-state index contributed by atoms with van der Waals surface area (Å²) in [5.74, 6) is -3.37. The van der Waals surface area contributed by atoms with Gasteiger partial charge in [-0.15, -0.1) is 0 Å². The largest absolute Gasteiger partial charge is 0.478 e. The summed E-state index contributed by atoms with van der Waals surface area (Å²) in [6, 6.07) is 3.11. The number of hydrogen-bond donors (Lipinski definition) is 1. The van der Waals surface area contributed by atoms with Gasteiger partial charge in [-0.3, -0.25) is 9.59 Å². The van der Waals surface area contributed by atoms with Crippen LogP contribution in [0.25, 0.3) is 0 Å². The molecule has 6 heteroatoms. The van der Waals surface area contributed by atoms with Crippen molar-refractivity contribution in [3.05, 3.63) is 29.6 Å². The summed E-state index contributed by atoms with van der Waals surface area (Å²) in [4.78, 5) is 36.2. The van der Waals surface area contributed by atoms with Crippen molar-refractivity contribution in [2.75, 3.05) is 4.90 Å². The molecule has 1 saturated heterocycles. The van der Waals surface area contributed by atoms with E-state index in [1.807, 2.05) is 0 Å². The normalized spacial score (nSPS) is 25.1. The molecule has 2 fully saturated rings. The first kappa shape index (κ1) is 12.8. The molecule has 5 nitrogen and oxygen atoms in total. The Morgan fingerprint density at radius 2 is 1.80 bits per heavy atom. The minimum atomic E-state index is -1.23. The minimum absolute atomic E-state index is 0.153. The fourth-order valence-electron chi connectivity index (χ4n) is 2.96. The molecule has 0 radical (unpaired) electrons. The first-order valence-corrected chi connectivity index (χ1v) is 6.39. The Kier molecular flexibility index (Phi) is 2.81. The van der Waals surface area contributed by atoms with E-state index < -0.39 is 23.6 Å². The molecule has 0 aromatic heterocycles. The number of carboxylic acid groups (broad SMARTS) is 1. The molecular weight excluding hydrogens is 265 g/mol. The fourth-order valence-corrected chi connectivity index (χ4v) is 2.96. The van der Waals surface area contributed by atoms with Crippen LogP contribution in [0.2, 0.25) is 0 Å². The monoisotopic (exact) mass is 277 g/mol. The maximum Gasteiger partial charge on any atom is 0.335 e. The lowest BCUT2D eigenvalue weighted by Crippen LogP contribution is -2.46. The number of fused-ring (bicyclic) bond motifs is 2. The number of nitrogens with zero attached hydrogens (tertiary/aromatic N) is 1. The Morgan fingerprint density at radius 1 is 1.20 bits per heavy atom. The van der Waals surface area contributed by atoms with Crippen molar-refractivity contribution in [3.8, 4) is 0 Å². The second-order valence-electron chi connectivity index (χ2n) is 5.19. The van der Waals surface area contributed by atoms with Crippen molar-refractivity contribution in [2.45, 2.75) is 19.3 Å². The van der Waals surface area contributed by atoms with Crippen LogP contribution in [0.4, 0.5) is 10.1 Å². The maximum atomic E-state index is 13.9. The van der Waals surface area contributed by atoms with Crippen molar-refractivity contribution in [1.82, 2.24) is 0 Å². The van der Waals surface area contributed by atoms with Gasteiger partial charge in [0.05, 0.1) is 11.3 Å². The maximum absolute atomic E-state index is 13.9. The van der Waals surface area contributed by atoms with Gasteiger partial charge in [-0.2, -0.15) is 0 Å². The summed E-state index contributed by atoms with van der Waals surface area (Å²) in [6.07, 6.45) is 1.78. The van der Waals surface area contributed by atoms with Gasteiger partial charge in [-0.1, -0.05) is 0 Å². The molecule has 1 N–H and O–H groups in total. The molecule has 2 unspecified atom stereocenters. The van der Waals surface area contributed by atoms with E-state index in [4.69, 9.17) is 5.11 Å². The highest BCUT2D eigenvalue weighted by atomic mass is 19.1. The van der Waals surface area contributed by atoms with Crippen LogP contribution in [0.3, 0.4) is 0 Å². The Labute approximate surface area is 114 Å². The summed E-state index contributed by atoms with van der Waals surface area (Å²) in [6.45, 7) is 0. The van der Waals surface area contributed by atoms with E-state index in [9.17, 15) is 18.8 Å². The van der Waals surface area contributed by atoms with Gasteiger partial charge in [-0.05, 0) is 37.5 Å². The quantitative estimate of drug-likeness (QED) is 0.837. The minimum Gasteiger partial charge on any atom is -0.478 e. The number of rotatable bonds is 2. The molecule has 1 aliphatic heterocycles. The van der Waals surface area contributed by atoms with Crippen LogP contribution in [0.15, 0.2) is 18.2 Å². The van der Waals surface area contributed by atoms with Gasteiger partial charge in [0.1, 0.15) is 5.82 Å². The Balaban J connectivity index is 2.07. The molecule has 104 valence electrons. The van der Waals surface area contributed by atoms with Crippen LogP contribution in [0.1, 0.15) is 29.6 Å². The third-order valence-electron chi connectivity index (χ3n) is 4.01. The number of carboxylic acids is 1. The number of halogens is 1. The number of carbonyl (C=O) groups excluding carboxylic acids is 2. The van der Waals surface area contributed by atoms with Crippen molar-refractivity contribution in [3.63, 3.8) is 0 Å². The van der Waals surface area contributed by atoms with Crippen LogP contribution in [0.5, 0.6) is 0 Å². The summed E-state index contributed by atoms with van der Waals surface area (Å²) in [5.41, 5.74) is -0.406. The molecule has 3 rings (SSSR count). The zero-order valence-electron chi connectivity index (χ0n) is 10.5. The van der Waals surface area contributed by atoms with Gasteiger partial charge in [0.25, 0.3) is 0 Å². The average molecular weight is 277 g/mol. The van der Waals surface area contributed by atoms with E-state index in [1.165, 1.54) is 0 Å². The highest BCUT2D eigenvalue weighted by molar-refractivity contribution is 6.19. The van der Waals surface area contributed by atoms with E-state index in [-0.39, 0.29) is 23.1 Å². The average Bonchev–Trinajstić information content (AvgIpc) is 2.85. The SMILES string of the molecule is O=C(O)c1ccc(F)c(N2C(=O)C3CCC(C3)C2=O)c1. The lowest BCUT2D eigenvalue weighted by atomic mass is 9.96. The van der Waals surface area contributed by atoms with Crippen molar-refractivity contribution < 1.29 is 23.9 Å². The number of benzene rings is 1. The topological polar surface area (TPSA) is 74.7 Å². The number of hydrogen-bond acceptors (Lipinski definition) is 3. The van der Waals surface area contributed by atoms with Crippen molar-refractivity contribution in [1.29, 1.82) is 0 Å². The predicted molar refractivity (Wildman–Crippen MR) is 66.7 cm³/mol. The number of piperidine rings is 1. The van der Waals surface area contributed by atoms with Crippen LogP contribution in [0, 0.1) is 17.7 Å². The van der Waals surface area contributed by atoms with E-state index in [2.05, 4.69) is 0 Å². The first-order valence-electron chi connectivity index (χ1n) is 6.39. The molecule has 1 saturated carbocycles. The van der Waals surface area contributed by atoms with Gasteiger partial charge in [0, 0.05) is 11.8 Å². The van der Waals surface area contributed by atoms with Gasteiger partial charge in [0.2, 0.25) is 11.8 Å². The molecule has 1 heterocycles. The van der Waals surface area contributed by atoms with E-state index in [0.29, 0.717) is 19.3 Å². The molecular formula is C14H12FNO4. The summed E-state index contributed by atoms with van der Waals surface area (Å²) < 4.78 is 13.9. The van der Waals surface area contributed by atoms with E-state index in [0.717, 1.165) is 23.1 Å².